The van der Waals surface area contributed by atoms with Crippen LogP contribution in [-0.4, -0.2) is 17.0 Å². The zero-order chi connectivity index (χ0) is 13.0. The molecule has 94 valence electrons. The minimum atomic E-state index is 0.663. The topological polar surface area (TPSA) is 37.8 Å². The van der Waals surface area contributed by atoms with Gasteiger partial charge < -0.3 is 5.32 Å². The second kappa shape index (κ2) is 5.94. The van der Waals surface area contributed by atoms with Crippen LogP contribution in [0.5, 0.6) is 0 Å². The number of hydrogen-bond donors (Lipinski definition) is 1. The average Bonchev–Trinajstić information content (AvgIpc) is 2.36. The summed E-state index contributed by atoms with van der Waals surface area (Å²) < 4.78 is 0. The van der Waals surface area contributed by atoms with Gasteiger partial charge >= 0.3 is 0 Å². The van der Waals surface area contributed by atoms with Crippen LogP contribution in [0.25, 0.3) is 0 Å². The van der Waals surface area contributed by atoms with Crippen molar-refractivity contribution in [3.05, 3.63) is 58.1 Å². The number of nitrogens with zero attached hydrogens (tertiary/aromatic N) is 2. The number of aromatic nitrogens is 2. The van der Waals surface area contributed by atoms with Gasteiger partial charge in [0, 0.05) is 24.2 Å². The molecule has 0 aliphatic heterocycles. The van der Waals surface area contributed by atoms with Crippen molar-refractivity contribution in [1.29, 1.82) is 0 Å². The van der Waals surface area contributed by atoms with Gasteiger partial charge in [0.1, 0.15) is 5.82 Å². The highest BCUT2D eigenvalue weighted by Gasteiger charge is 2.06. The maximum Gasteiger partial charge on any atom is 0.133 e. The van der Waals surface area contributed by atoms with Crippen molar-refractivity contribution in [2.45, 2.75) is 19.9 Å². The summed E-state index contributed by atoms with van der Waals surface area (Å²) in [5, 5.41) is 3.87. The largest absolute Gasteiger partial charge is 0.314 e. The third-order valence-electron chi connectivity index (χ3n) is 2.78. The Morgan fingerprint density at radius 1 is 1.28 bits per heavy atom. The van der Waals surface area contributed by atoms with Crippen LogP contribution in [-0.2, 0) is 13.0 Å². The van der Waals surface area contributed by atoms with E-state index in [-0.39, 0.29) is 0 Å². The minimum Gasteiger partial charge on any atom is -0.314 e. The summed E-state index contributed by atoms with van der Waals surface area (Å²) in [6, 6.07) is 7.79. The van der Waals surface area contributed by atoms with Crippen molar-refractivity contribution >= 4 is 11.6 Å². The molecule has 0 atom stereocenters. The summed E-state index contributed by atoms with van der Waals surface area (Å²) in [6.45, 7) is 2.77. The number of hydrogen-bond acceptors (Lipinski definition) is 3. The van der Waals surface area contributed by atoms with E-state index in [0.29, 0.717) is 6.42 Å². The number of rotatable bonds is 4. The smallest absolute Gasteiger partial charge is 0.133 e. The number of benzene rings is 1. The Kier molecular flexibility index (Phi) is 4.28. The Morgan fingerprint density at radius 3 is 2.78 bits per heavy atom. The first-order chi connectivity index (χ1) is 8.70. The number of halogens is 1. The summed E-state index contributed by atoms with van der Waals surface area (Å²) in [5.74, 6) is 0.805. The Balaban J connectivity index is 2.24. The molecule has 1 heterocycles. The van der Waals surface area contributed by atoms with Gasteiger partial charge in [0.2, 0.25) is 0 Å². The van der Waals surface area contributed by atoms with E-state index in [1.54, 1.807) is 0 Å². The van der Waals surface area contributed by atoms with Crippen LogP contribution in [0.2, 0.25) is 5.02 Å². The second-order valence-corrected chi connectivity index (χ2v) is 4.62. The van der Waals surface area contributed by atoms with Gasteiger partial charge in [-0.2, -0.15) is 0 Å². The molecule has 3 nitrogen and oxygen atoms in total. The normalized spacial score (nSPS) is 10.6. The zero-order valence-corrected chi connectivity index (χ0v) is 11.3. The molecule has 0 spiro atoms. The zero-order valence-electron chi connectivity index (χ0n) is 10.6. The predicted octanol–water partition coefficient (Wildman–Crippen LogP) is 2.75. The quantitative estimate of drug-likeness (QED) is 0.920. The van der Waals surface area contributed by atoms with Gasteiger partial charge in [-0.15, -0.1) is 0 Å². The minimum absolute atomic E-state index is 0.663. The van der Waals surface area contributed by atoms with E-state index in [9.17, 15) is 0 Å². The van der Waals surface area contributed by atoms with E-state index in [1.165, 1.54) is 0 Å². The lowest BCUT2D eigenvalue weighted by atomic mass is 10.1. The van der Waals surface area contributed by atoms with Crippen LogP contribution >= 0.6 is 11.6 Å². The predicted molar refractivity (Wildman–Crippen MR) is 73.8 cm³/mol. The fourth-order valence-corrected chi connectivity index (χ4v) is 1.96. The maximum atomic E-state index is 6.14. The molecule has 0 amide bonds. The van der Waals surface area contributed by atoms with Crippen LogP contribution < -0.4 is 5.32 Å². The SMILES string of the molecule is CNCc1nc(Cc2ccccc2Cl)ncc1C. The molecular weight excluding hydrogens is 246 g/mol. The highest BCUT2D eigenvalue weighted by molar-refractivity contribution is 6.31. The lowest BCUT2D eigenvalue weighted by molar-refractivity contribution is 0.763. The molecule has 1 aromatic heterocycles. The summed E-state index contributed by atoms with van der Waals surface area (Å²) in [6.07, 6.45) is 2.53. The van der Waals surface area contributed by atoms with E-state index in [2.05, 4.69) is 15.3 Å². The molecule has 18 heavy (non-hydrogen) atoms. The first-order valence-corrected chi connectivity index (χ1v) is 6.28. The van der Waals surface area contributed by atoms with E-state index in [1.807, 2.05) is 44.4 Å². The molecule has 0 bridgehead atoms. The van der Waals surface area contributed by atoms with E-state index >= 15 is 0 Å². The third-order valence-corrected chi connectivity index (χ3v) is 3.15. The molecule has 0 aliphatic rings. The lowest BCUT2D eigenvalue weighted by Crippen LogP contribution is -2.11. The van der Waals surface area contributed by atoms with Crippen LogP contribution in [0.3, 0.4) is 0 Å². The summed E-state index contributed by atoms with van der Waals surface area (Å²) in [5.41, 5.74) is 3.19. The standard InChI is InChI=1S/C14H16ClN3/c1-10-8-17-14(18-13(10)9-16-2)7-11-5-3-4-6-12(11)15/h3-6,8,16H,7,9H2,1-2H3. The molecule has 2 rings (SSSR count). The Labute approximate surface area is 112 Å². The molecule has 0 saturated heterocycles. The lowest BCUT2D eigenvalue weighted by Gasteiger charge is -2.07. The molecule has 0 unspecified atom stereocenters. The molecule has 0 radical (unpaired) electrons. The van der Waals surface area contributed by atoms with Gasteiger partial charge in [0.15, 0.2) is 0 Å². The monoisotopic (exact) mass is 261 g/mol. The fraction of sp³-hybridized carbons (Fsp3) is 0.286. The molecule has 0 fully saturated rings. The second-order valence-electron chi connectivity index (χ2n) is 4.21. The summed E-state index contributed by atoms with van der Waals surface area (Å²) in [7, 11) is 1.91. The third kappa shape index (κ3) is 3.06. The Hall–Kier alpha value is -1.45. The molecular formula is C14H16ClN3. The van der Waals surface area contributed by atoms with Crippen molar-refractivity contribution in [1.82, 2.24) is 15.3 Å². The van der Waals surface area contributed by atoms with Crippen LogP contribution in [0.1, 0.15) is 22.6 Å². The molecule has 2 aromatic rings. The number of aryl methyl sites for hydroxylation is 1. The van der Waals surface area contributed by atoms with Gasteiger partial charge in [0.25, 0.3) is 0 Å². The summed E-state index contributed by atoms with van der Waals surface area (Å²) in [4.78, 5) is 8.93. The molecule has 0 saturated carbocycles. The van der Waals surface area contributed by atoms with Gasteiger partial charge in [-0.25, -0.2) is 9.97 Å². The summed E-state index contributed by atoms with van der Waals surface area (Å²) >= 11 is 6.14. The van der Waals surface area contributed by atoms with E-state index in [4.69, 9.17) is 11.6 Å². The van der Waals surface area contributed by atoms with Crippen molar-refractivity contribution < 1.29 is 0 Å². The van der Waals surface area contributed by atoms with Crippen molar-refractivity contribution in [2.75, 3.05) is 7.05 Å². The molecule has 1 N–H and O–H groups in total. The van der Waals surface area contributed by atoms with Gasteiger partial charge in [-0.1, -0.05) is 29.8 Å². The first kappa shape index (κ1) is 13.0. The maximum absolute atomic E-state index is 6.14. The average molecular weight is 262 g/mol. The Bertz CT molecular complexity index is 540. The van der Waals surface area contributed by atoms with Crippen LogP contribution in [0.4, 0.5) is 0 Å². The molecule has 4 heteroatoms. The van der Waals surface area contributed by atoms with Gasteiger partial charge in [0.05, 0.1) is 5.69 Å². The van der Waals surface area contributed by atoms with Crippen molar-refractivity contribution in [3.8, 4) is 0 Å². The van der Waals surface area contributed by atoms with Crippen molar-refractivity contribution in [3.63, 3.8) is 0 Å². The Morgan fingerprint density at radius 2 is 2.06 bits per heavy atom. The van der Waals surface area contributed by atoms with E-state index < -0.39 is 0 Å². The molecule has 1 aromatic carbocycles. The highest BCUT2D eigenvalue weighted by Crippen LogP contribution is 2.17. The van der Waals surface area contributed by atoms with Crippen LogP contribution in [0, 0.1) is 6.92 Å². The van der Waals surface area contributed by atoms with Crippen molar-refractivity contribution in [2.24, 2.45) is 0 Å². The highest BCUT2D eigenvalue weighted by atomic mass is 35.5. The van der Waals surface area contributed by atoms with Gasteiger partial charge in [-0.05, 0) is 31.2 Å². The first-order valence-electron chi connectivity index (χ1n) is 5.90. The van der Waals surface area contributed by atoms with E-state index in [0.717, 1.165) is 34.2 Å². The molecule has 0 aliphatic carbocycles. The number of nitrogens with one attached hydrogen (secondary N) is 1. The fourth-order valence-electron chi connectivity index (χ4n) is 1.76. The van der Waals surface area contributed by atoms with Crippen LogP contribution in [0.15, 0.2) is 30.5 Å². The van der Waals surface area contributed by atoms with Gasteiger partial charge in [-0.3, -0.25) is 0 Å².